The van der Waals surface area contributed by atoms with Crippen LogP contribution in [0.4, 0.5) is 11.4 Å². The zero-order valence-corrected chi connectivity index (χ0v) is 24.0. The predicted molar refractivity (Wildman–Crippen MR) is 167 cm³/mol. The van der Waals surface area contributed by atoms with Gasteiger partial charge in [0.15, 0.2) is 0 Å². The van der Waals surface area contributed by atoms with E-state index < -0.39 is 23.0 Å². The largest absolute Gasteiger partial charge is 0.366 e. The Morgan fingerprint density at radius 2 is 1.55 bits per heavy atom. The lowest BCUT2D eigenvalue weighted by molar-refractivity contribution is -0.115. The predicted octanol–water partition coefficient (Wildman–Crippen LogP) is 5.97. The van der Waals surface area contributed by atoms with Crippen LogP contribution in [0, 0.1) is 0 Å². The summed E-state index contributed by atoms with van der Waals surface area (Å²) in [6, 6.07) is 28.9. The van der Waals surface area contributed by atoms with Crippen molar-refractivity contribution in [3.63, 3.8) is 0 Å². The van der Waals surface area contributed by atoms with Crippen molar-refractivity contribution in [2.75, 3.05) is 10.6 Å². The molecule has 0 radical (unpaired) electrons. The van der Waals surface area contributed by atoms with E-state index in [0.717, 1.165) is 0 Å². The third kappa shape index (κ3) is 8.33. The zero-order valence-electron chi connectivity index (χ0n) is 22.5. The fourth-order valence-corrected chi connectivity index (χ4v) is 4.98. The second-order valence-electron chi connectivity index (χ2n) is 9.07. The number of hydrogen-bond donors (Lipinski definition) is 4. The van der Waals surface area contributed by atoms with Gasteiger partial charge in [0, 0.05) is 21.2 Å². The number of halogens is 1. The van der Waals surface area contributed by atoms with Crippen LogP contribution < -0.4 is 21.7 Å². The molecule has 10 heteroatoms. The first-order valence-electron chi connectivity index (χ1n) is 12.8. The van der Waals surface area contributed by atoms with E-state index in [1.54, 1.807) is 110 Å². The van der Waals surface area contributed by atoms with Gasteiger partial charge in [-0.2, -0.15) is 0 Å². The maximum Gasteiger partial charge on any atom is 0.272 e. The number of nitrogens with one attached hydrogen (secondary N) is 3. The number of rotatable bonds is 10. The van der Waals surface area contributed by atoms with Gasteiger partial charge in [0.1, 0.15) is 5.70 Å². The molecule has 0 aliphatic rings. The van der Waals surface area contributed by atoms with Crippen LogP contribution in [-0.4, -0.2) is 28.9 Å². The average Bonchev–Trinajstić information content (AvgIpc) is 2.97. The van der Waals surface area contributed by atoms with Crippen molar-refractivity contribution >= 4 is 64.4 Å². The number of carbonyl (C=O) groups excluding carboxylic acids is 4. The number of para-hydroxylation sites is 1. The SMILES string of the molecule is CC(Sc1cccc(NC(=O)/C(=C\c2cccc(Cl)c2)NC(=O)c2ccccc2)c1)C(=O)Nc1ccccc1C(N)=O. The molecule has 4 rings (SSSR count). The van der Waals surface area contributed by atoms with Crippen LogP contribution in [0.15, 0.2) is 114 Å². The van der Waals surface area contributed by atoms with Gasteiger partial charge in [-0.05, 0) is 73.2 Å². The van der Waals surface area contributed by atoms with Crippen LogP contribution in [-0.2, 0) is 9.59 Å². The lowest BCUT2D eigenvalue weighted by Gasteiger charge is -2.15. The number of hydrogen-bond acceptors (Lipinski definition) is 5. The molecular formula is C32H27ClN4O4S. The Labute approximate surface area is 252 Å². The van der Waals surface area contributed by atoms with Crippen molar-refractivity contribution < 1.29 is 19.2 Å². The number of primary amides is 1. The lowest BCUT2D eigenvalue weighted by Crippen LogP contribution is -2.30. The summed E-state index contributed by atoms with van der Waals surface area (Å²) in [6.45, 7) is 1.73. The summed E-state index contributed by atoms with van der Waals surface area (Å²) in [4.78, 5) is 51.5. The second-order valence-corrected chi connectivity index (χ2v) is 10.9. The maximum atomic E-state index is 13.4. The molecule has 0 saturated carbocycles. The highest BCUT2D eigenvalue weighted by Gasteiger charge is 2.19. The number of carbonyl (C=O) groups is 4. The highest BCUT2D eigenvalue weighted by Crippen LogP contribution is 2.27. The number of benzene rings is 4. The molecule has 0 saturated heterocycles. The molecule has 0 aliphatic carbocycles. The summed E-state index contributed by atoms with van der Waals surface area (Å²) in [5, 5.41) is 8.20. The highest BCUT2D eigenvalue weighted by molar-refractivity contribution is 8.00. The maximum absolute atomic E-state index is 13.4. The monoisotopic (exact) mass is 598 g/mol. The van der Waals surface area contributed by atoms with E-state index >= 15 is 0 Å². The van der Waals surface area contributed by atoms with Gasteiger partial charge in [0.2, 0.25) is 5.91 Å². The summed E-state index contributed by atoms with van der Waals surface area (Å²) in [6.07, 6.45) is 1.54. The Morgan fingerprint density at radius 3 is 2.29 bits per heavy atom. The minimum atomic E-state index is -0.640. The molecular weight excluding hydrogens is 572 g/mol. The summed E-state index contributed by atoms with van der Waals surface area (Å²) >= 11 is 7.39. The van der Waals surface area contributed by atoms with Gasteiger partial charge >= 0.3 is 0 Å². The Morgan fingerprint density at radius 1 is 0.833 bits per heavy atom. The van der Waals surface area contributed by atoms with Gasteiger partial charge in [-0.3, -0.25) is 19.2 Å². The van der Waals surface area contributed by atoms with Crippen molar-refractivity contribution in [2.45, 2.75) is 17.1 Å². The number of thioether (sulfide) groups is 1. The van der Waals surface area contributed by atoms with E-state index in [-0.39, 0.29) is 17.2 Å². The molecule has 0 heterocycles. The quantitative estimate of drug-likeness (QED) is 0.132. The Balaban J connectivity index is 1.48. The molecule has 42 heavy (non-hydrogen) atoms. The van der Waals surface area contributed by atoms with Gasteiger partial charge in [0.05, 0.1) is 16.5 Å². The number of anilines is 2. The van der Waals surface area contributed by atoms with Gasteiger partial charge in [0.25, 0.3) is 17.7 Å². The molecule has 0 aromatic heterocycles. The van der Waals surface area contributed by atoms with Crippen LogP contribution in [0.1, 0.15) is 33.2 Å². The number of amides is 4. The molecule has 1 unspecified atom stereocenters. The molecule has 212 valence electrons. The van der Waals surface area contributed by atoms with Gasteiger partial charge in [-0.25, -0.2) is 0 Å². The molecule has 8 nitrogen and oxygen atoms in total. The van der Waals surface area contributed by atoms with Crippen LogP contribution in [0.3, 0.4) is 0 Å². The van der Waals surface area contributed by atoms with Crippen molar-refractivity contribution in [1.82, 2.24) is 5.32 Å². The topological polar surface area (TPSA) is 130 Å². The first kappa shape index (κ1) is 30.1. The van der Waals surface area contributed by atoms with Crippen molar-refractivity contribution in [1.29, 1.82) is 0 Å². The number of nitrogens with two attached hydrogens (primary N) is 1. The fourth-order valence-electron chi connectivity index (χ4n) is 3.85. The van der Waals surface area contributed by atoms with Crippen LogP contribution in [0.2, 0.25) is 5.02 Å². The molecule has 5 N–H and O–H groups in total. The van der Waals surface area contributed by atoms with E-state index in [4.69, 9.17) is 17.3 Å². The van der Waals surface area contributed by atoms with Gasteiger partial charge in [-0.1, -0.05) is 60.1 Å². The van der Waals surface area contributed by atoms with Gasteiger partial charge in [-0.15, -0.1) is 11.8 Å². The first-order valence-corrected chi connectivity index (χ1v) is 14.1. The summed E-state index contributed by atoms with van der Waals surface area (Å²) in [5.41, 5.74) is 7.46. The Bertz CT molecular complexity index is 1660. The highest BCUT2D eigenvalue weighted by atomic mass is 35.5. The summed E-state index contributed by atoms with van der Waals surface area (Å²) < 4.78 is 0. The normalized spacial score (nSPS) is 11.7. The molecule has 0 aliphatic heterocycles. The van der Waals surface area contributed by atoms with Crippen molar-refractivity contribution in [3.8, 4) is 0 Å². The Hall–Kier alpha value is -4.86. The minimum Gasteiger partial charge on any atom is -0.366 e. The summed E-state index contributed by atoms with van der Waals surface area (Å²) in [7, 11) is 0. The van der Waals surface area contributed by atoms with E-state index in [1.807, 2.05) is 0 Å². The standard InChI is InChI=1S/C32H27ClN4O4S/c1-20(30(39)36-27-16-6-5-15-26(27)29(34)38)42-25-14-8-13-24(19-25)35-32(41)28(18-21-9-7-12-23(33)17-21)37-31(40)22-10-3-2-4-11-22/h2-20H,1H3,(H2,34,38)(H,35,41)(H,36,39)(H,37,40)/b28-18+. The van der Waals surface area contributed by atoms with Gasteiger partial charge < -0.3 is 21.7 Å². The molecule has 0 bridgehead atoms. The fraction of sp³-hybridized carbons (Fsp3) is 0.0625. The third-order valence-corrected chi connectivity index (χ3v) is 7.24. The van der Waals surface area contributed by atoms with E-state index in [0.29, 0.717) is 32.4 Å². The second kappa shape index (κ2) is 14.2. The first-order chi connectivity index (χ1) is 20.2. The zero-order chi connectivity index (χ0) is 30.1. The van der Waals surface area contributed by atoms with Crippen LogP contribution in [0.25, 0.3) is 6.08 Å². The van der Waals surface area contributed by atoms with Crippen LogP contribution in [0.5, 0.6) is 0 Å². The third-order valence-electron chi connectivity index (χ3n) is 5.91. The van der Waals surface area contributed by atoms with Crippen LogP contribution >= 0.6 is 23.4 Å². The average molecular weight is 599 g/mol. The van der Waals surface area contributed by atoms with E-state index in [9.17, 15) is 19.2 Å². The molecule has 0 spiro atoms. The molecule has 0 fully saturated rings. The van der Waals surface area contributed by atoms with E-state index in [1.165, 1.54) is 17.8 Å². The molecule has 4 aromatic carbocycles. The minimum absolute atomic E-state index is 0.0186. The lowest BCUT2D eigenvalue weighted by atomic mass is 10.1. The molecule has 4 aromatic rings. The van der Waals surface area contributed by atoms with Crippen molar-refractivity contribution in [2.24, 2.45) is 5.73 Å². The van der Waals surface area contributed by atoms with E-state index in [2.05, 4.69) is 16.0 Å². The Kier molecular flexibility index (Phi) is 10.1. The smallest absolute Gasteiger partial charge is 0.272 e. The van der Waals surface area contributed by atoms with Crippen molar-refractivity contribution in [3.05, 3.63) is 131 Å². The molecule has 4 amide bonds. The molecule has 1 atom stereocenters. The summed E-state index contributed by atoms with van der Waals surface area (Å²) in [5.74, 6) is -1.95.